The van der Waals surface area contributed by atoms with Gasteiger partial charge in [-0.05, 0) is 47.9 Å². The lowest BCUT2D eigenvalue weighted by Gasteiger charge is -2.20. The average molecular weight is 358 g/mol. The first-order valence-corrected chi connectivity index (χ1v) is 10.3. The van der Waals surface area contributed by atoms with Crippen molar-refractivity contribution in [3.63, 3.8) is 0 Å². The highest BCUT2D eigenvalue weighted by molar-refractivity contribution is 7.89. The predicted molar refractivity (Wildman–Crippen MR) is 102 cm³/mol. The van der Waals surface area contributed by atoms with Crippen LogP contribution in [0.1, 0.15) is 49.8 Å². The molecule has 4 heteroatoms. The number of hydrogen-bond acceptors (Lipinski definition) is 2. The Bertz CT molecular complexity index is 831. The Balaban J connectivity index is 1.76. The molecule has 0 saturated carbocycles. The third-order valence-corrected chi connectivity index (χ3v) is 6.94. The zero-order valence-corrected chi connectivity index (χ0v) is 16.3. The zero-order valence-electron chi connectivity index (χ0n) is 15.5. The van der Waals surface area contributed by atoms with Crippen LogP contribution in [-0.4, -0.2) is 25.8 Å². The zero-order chi connectivity index (χ0) is 18.2. The molecule has 0 N–H and O–H groups in total. The Hall–Kier alpha value is -1.65. The van der Waals surface area contributed by atoms with E-state index < -0.39 is 10.0 Å². The highest BCUT2D eigenvalue weighted by Crippen LogP contribution is 2.32. The molecule has 1 aliphatic heterocycles. The Labute approximate surface area is 151 Å². The molecule has 1 unspecified atom stereocenters. The second-order valence-corrected chi connectivity index (χ2v) is 9.97. The van der Waals surface area contributed by atoms with E-state index in [1.165, 1.54) is 11.1 Å². The largest absolute Gasteiger partial charge is 0.243 e. The molecule has 0 aliphatic carbocycles. The van der Waals surface area contributed by atoms with Gasteiger partial charge in [-0.3, -0.25) is 0 Å². The van der Waals surface area contributed by atoms with E-state index in [2.05, 4.69) is 45.0 Å². The standard InChI is InChI=1S/C21H27NO2S/c1-16-5-11-20(12-6-16)25(23,24)22-14-13-18(15-22)17-7-9-19(10-8-17)21(2,3)4/h5-12,18H,13-15H2,1-4H3. The van der Waals surface area contributed by atoms with Crippen LogP contribution in [0.4, 0.5) is 0 Å². The molecule has 0 spiro atoms. The van der Waals surface area contributed by atoms with E-state index in [1.54, 1.807) is 16.4 Å². The fourth-order valence-electron chi connectivity index (χ4n) is 3.33. The fraction of sp³-hybridized carbons (Fsp3) is 0.429. The molecule has 2 aromatic rings. The summed E-state index contributed by atoms with van der Waals surface area (Å²) in [7, 11) is -3.39. The molecule has 1 aliphatic rings. The van der Waals surface area contributed by atoms with Crippen LogP contribution < -0.4 is 0 Å². The van der Waals surface area contributed by atoms with E-state index in [4.69, 9.17) is 0 Å². The van der Waals surface area contributed by atoms with E-state index >= 15 is 0 Å². The summed E-state index contributed by atoms with van der Waals surface area (Å²) < 4.78 is 27.3. The van der Waals surface area contributed by atoms with Crippen molar-refractivity contribution in [3.05, 3.63) is 65.2 Å². The van der Waals surface area contributed by atoms with Crippen molar-refractivity contribution in [2.45, 2.75) is 50.3 Å². The summed E-state index contributed by atoms with van der Waals surface area (Å²) in [5.41, 5.74) is 3.74. The maximum absolute atomic E-state index is 12.8. The third-order valence-electron chi connectivity index (χ3n) is 5.06. The number of benzene rings is 2. The van der Waals surface area contributed by atoms with Gasteiger partial charge >= 0.3 is 0 Å². The molecule has 1 fully saturated rings. The van der Waals surface area contributed by atoms with Crippen LogP contribution >= 0.6 is 0 Å². The number of aryl methyl sites for hydroxylation is 1. The van der Waals surface area contributed by atoms with Gasteiger partial charge in [-0.1, -0.05) is 62.7 Å². The highest BCUT2D eigenvalue weighted by atomic mass is 32.2. The summed E-state index contributed by atoms with van der Waals surface area (Å²) >= 11 is 0. The van der Waals surface area contributed by atoms with Crippen LogP contribution in [-0.2, 0) is 15.4 Å². The first kappa shape index (κ1) is 18.2. The summed E-state index contributed by atoms with van der Waals surface area (Å²) in [5, 5.41) is 0. The summed E-state index contributed by atoms with van der Waals surface area (Å²) in [5.74, 6) is 0.272. The smallest absolute Gasteiger partial charge is 0.207 e. The lowest BCUT2D eigenvalue weighted by atomic mass is 9.85. The molecule has 0 amide bonds. The van der Waals surface area contributed by atoms with Crippen LogP contribution in [0.2, 0.25) is 0 Å². The summed E-state index contributed by atoms with van der Waals surface area (Å²) in [4.78, 5) is 0.391. The number of hydrogen-bond donors (Lipinski definition) is 0. The molecule has 25 heavy (non-hydrogen) atoms. The topological polar surface area (TPSA) is 37.4 Å². The summed E-state index contributed by atoms with van der Waals surface area (Å²) in [6, 6.07) is 15.8. The Morgan fingerprint density at radius 3 is 2.12 bits per heavy atom. The minimum atomic E-state index is -3.39. The number of sulfonamides is 1. The first-order chi connectivity index (χ1) is 11.7. The van der Waals surface area contributed by atoms with Crippen molar-refractivity contribution < 1.29 is 8.42 Å². The molecule has 2 aromatic carbocycles. The maximum Gasteiger partial charge on any atom is 0.243 e. The number of rotatable bonds is 3. The SMILES string of the molecule is Cc1ccc(S(=O)(=O)N2CCC(c3ccc(C(C)(C)C)cc3)C2)cc1. The molecular weight excluding hydrogens is 330 g/mol. The molecule has 1 heterocycles. The highest BCUT2D eigenvalue weighted by Gasteiger charge is 2.33. The molecule has 134 valence electrons. The molecular formula is C21H27NO2S. The van der Waals surface area contributed by atoms with Crippen molar-refractivity contribution in [3.8, 4) is 0 Å². The van der Waals surface area contributed by atoms with Crippen LogP contribution in [0.25, 0.3) is 0 Å². The van der Waals surface area contributed by atoms with Crippen molar-refractivity contribution in [1.82, 2.24) is 4.31 Å². The van der Waals surface area contributed by atoms with Gasteiger partial charge in [-0.15, -0.1) is 0 Å². The minimum absolute atomic E-state index is 0.134. The third kappa shape index (κ3) is 3.80. The maximum atomic E-state index is 12.8. The van der Waals surface area contributed by atoms with Crippen molar-refractivity contribution in [1.29, 1.82) is 0 Å². The Kier molecular flexibility index (Phi) is 4.78. The van der Waals surface area contributed by atoms with Crippen LogP contribution in [0, 0.1) is 6.92 Å². The van der Waals surface area contributed by atoms with Gasteiger partial charge in [0.05, 0.1) is 4.90 Å². The minimum Gasteiger partial charge on any atom is -0.207 e. The monoisotopic (exact) mass is 357 g/mol. The number of nitrogens with zero attached hydrogens (tertiary/aromatic N) is 1. The summed E-state index contributed by atoms with van der Waals surface area (Å²) in [6.45, 7) is 9.71. The van der Waals surface area contributed by atoms with E-state index in [0.717, 1.165) is 12.0 Å². The first-order valence-electron chi connectivity index (χ1n) is 8.85. The molecule has 0 bridgehead atoms. The molecule has 0 aromatic heterocycles. The Morgan fingerprint density at radius 2 is 1.56 bits per heavy atom. The normalized spacial score (nSPS) is 19.3. The van der Waals surface area contributed by atoms with E-state index in [0.29, 0.717) is 18.0 Å². The second-order valence-electron chi connectivity index (χ2n) is 8.03. The van der Waals surface area contributed by atoms with Crippen LogP contribution in [0.5, 0.6) is 0 Å². The molecule has 0 radical (unpaired) electrons. The van der Waals surface area contributed by atoms with Crippen LogP contribution in [0.3, 0.4) is 0 Å². The quantitative estimate of drug-likeness (QED) is 0.813. The van der Waals surface area contributed by atoms with Crippen molar-refractivity contribution >= 4 is 10.0 Å². The van der Waals surface area contributed by atoms with E-state index in [1.807, 2.05) is 19.1 Å². The molecule has 3 rings (SSSR count). The van der Waals surface area contributed by atoms with Gasteiger partial charge in [-0.2, -0.15) is 4.31 Å². The predicted octanol–water partition coefficient (Wildman–Crippen LogP) is 4.47. The lowest BCUT2D eigenvalue weighted by molar-refractivity contribution is 0.473. The van der Waals surface area contributed by atoms with Crippen molar-refractivity contribution in [2.75, 3.05) is 13.1 Å². The van der Waals surface area contributed by atoms with Gasteiger partial charge in [-0.25, -0.2) is 8.42 Å². The van der Waals surface area contributed by atoms with Gasteiger partial charge in [0, 0.05) is 13.1 Å². The average Bonchev–Trinajstić information content (AvgIpc) is 3.05. The van der Waals surface area contributed by atoms with Gasteiger partial charge in [0.2, 0.25) is 10.0 Å². The summed E-state index contributed by atoms with van der Waals surface area (Å²) in [6.07, 6.45) is 0.875. The van der Waals surface area contributed by atoms with Crippen molar-refractivity contribution in [2.24, 2.45) is 0 Å². The fourth-order valence-corrected chi connectivity index (χ4v) is 4.83. The van der Waals surface area contributed by atoms with E-state index in [9.17, 15) is 8.42 Å². The second kappa shape index (κ2) is 6.58. The molecule has 1 atom stereocenters. The Morgan fingerprint density at radius 1 is 0.960 bits per heavy atom. The molecule has 3 nitrogen and oxygen atoms in total. The van der Waals surface area contributed by atoms with Gasteiger partial charge in [0.15, 0.2) is 0 Å². The molecule has 1 saturated heterocycles. The van der Waals surface area contributed by atoms with Crippen LogP contribution in [0.15, 0.2) is 53.4 Å². The van der Waals surface area contributed by atoms with Gasteiger partial charge < -0.3 is 0 Å². The lowest BCUT2D eigenvalue weighted by Crippen LogP contribution is -2.28. The van der Waals surface area contributed by atoms with E-state index in [-0.39, 0.29) is 11.3 Å². The van der Waals surface area contributed by atoms with Gasteiger partial charge in [0.1, 0.15) is 0 Å². The van der Waals surface area contributed by atoms with Gasteiger partial charge in [0.25, 0.3) is 0 Å².